The second-order valence-electron chi connectivity index (χ2n) is 4.72. The molecular weight excluding hydrogens is 234 g/mol. The third-order valence-corrected chi connectivity index (χ3v) is 4.13. The molecule has 4 nitrogen and oxygen atoms in total. The fourth-order valence-corrected chi connectivity index (χ4v) is 2.97. The Kier molecular flexibility index (Phi) is 4.12. The molecule has 0 radical (unpaired) electrons. The first kappa shape index (κ1) is 12.5. The highest BCUT2D eigenvalue weighted by atomic mass is 32.1. The van der Waals surface area contributed by atoms with Crippen LogP contribution in [0.1, 0.15) is 36.4 Å². The molecule has 2 atom stereocenters. The van der Waals surface area contributed by atoms with Crippen molar-refractivity contribution < 1.29 is 4.79 Å². The van der Waals surface area contributed by atoms with Gasteiger partial charge in [-0.25, -0.2) is 4.98 Å². The lowest BCUT2D eigenvalue weighted by Crippen LogP contribution is -2.37. The Hall–Kier alpha value is -0.940. The van der Waals surface area contributed by atoms with Gasteiger partial charge in [0.15, 0.2) is 0 Å². The zero-order valence-corrected chi connectivity index (χ0v) is 10.9. The second-order valence-corrected chi connectivity index (χ2v) is 5.67. The smallest absolute Gasteiger partial charge is 0.223 e. The maximum atomic E-state index is 11.9. The van der Waals surface area contributed by atoms with Crippen molar-refractivity contribution in [2.75, 3.05) is 0 Å². The molecule has 0 spiro atoms. The van der Waals surface area contributed by atoms with Gasteiger partial charge in [-0.05, 0) is 26.2 Å². The highest BCUT2D eigenvalue weighted by Crippen LogP contribution is 2.23. The molecule has 2 rings (SSSR count). The Morgan fingerprint density at radius 3 is 3.12 bits per heavy atom. The first-order valence-electron chi connectivity index (χ1n) is 6.09. The molecule has 1 aliphatic carbocycles. The third-order valence-electron chi connectivity index (χ3n) is 3.17. The van der Waals surface area contributed by atoms with Crippen LogP contribution >= 0.6 is 11.3 Å². The van der Waals surface area contributed by atoms with E-state index < -0.39 is 0 Å². The number of aryl methyl sites for hydroxylation is 1. The third kappa shape index (κ3) is 3.51. The first-order chi connectivity index (χ1) is 8.15. The normalized spacial score (nSPS) is 24.6. The number of thiazole rings is 1. The Morgan fingerprint density at radius 1 is 1.65 bits per heavy atom. The number of rotatable bonds is 3. The van der Waals surface area contributed by atoms with Gasteiger partial charge in [-0.2, -0.15) is 0 Å². The van der Waals surface area contributed by atoms with E-state index in [-0.39, 0.29) is 17.9 Å². The van der Waals surface area contributed by atoms with Crippen LogP contribution in [0.5, 0.6) is 0 Å². The molecule has 1 aromatic rings. The monoisotopic (exact) mass is 253 g/mol. The van der Waals surface area contributed by atoms with Crippen molar-refractivity contribution in [2.45, 2.75) is 45.2 Å². The average Bonchev–Trinajstić information content (AvgIpc) is 2.72. The zero-order chi connectivity index (χ0) is 12.3. The zero-order valence-electron chi connectivity index (χ0n) is 10.1. The van der Waals surface area contributed by atoms with E-state index in [2.05, 4.69) is 10.3 Å². The van der Waals surface area contributed by atoms with Gasteiger partial charge in [0.25, 0.3) is 0 Å². The van der Waals surface area contributed by atoms with E-state index in [1.807, 2.05) is 12.3 Å². The summed E-state index contributed by atoms with van der Waals surface area (Å²) in [5.41, 5.74) is 6.90. The second kappa shape index (κ2) is 5.60. The van der Waals surface area contributed by atoms with Gasteiger partial charge in [-0.1, -0.05) is 6.42 Å². The Labute approximate surface area is 106 Å². The van der Waals surface area contributed by atoms with Crippen LogP contribution in [0, 0.1) is 12.8 Å². The fraction of sp³-hybridized carbons (Fsp3) is 0.667. The molecule has 1 fully saturated rings. The summed E-state index contributed by atoms with van der Waals surface area (Å²) >= 11 is 1.59. The molecule has 3 N–H and O–H groups in total. The van der Waals surface area contributed by atoms with Crippen molar-refractivity contribution in [3.8, 4) is 0 Å². The molecule has 94 valence electrons. The van der Waals surface area contributed by atoms with Crippen molar-refractivity contribution in [3.63, 3.8) is 0 Å². The molecule has 1 heterocycles. The van der Waals surface area contributed by atoms with E-state index in [0.29, 0.717) is 6.54 Å². The summed E-state index contributed by atoms with van der Waals surface area (Å²) in [7, 11) is 0. The number of nitrogens with one attached hydrogen (secondary N) is 1. The molecule has 0 bridgehead atoms. The minimum absolute atomic E-state index is 0.0970. The highest BCUT2D eigenvalue weighted by Gasteiger charge is 2.25. The summed E-state index contributed by atoms with van der Waals surface area (Å²) < 4.78 is 0. The largest absolute Gasteiger partial charge is 0.349 e. The number of amides is 1. The van der Waals surface area contributed by atoms with E-state index >= 15 is 0 Å². The van der Waals surface area contributed by atoms with Gasteiger partial charge in [-0.3, -0.25) is 4.79 Å². The minimum atomic E-state index is 0.0970. The first-order valence-corrected chi connectivity index (χ1v) is 6.97. The van der Waals surface area contributed by atoms with Crippen LogP contribution in [0.3, 0.4) is 0 Å². The Morgan fingerprint density at radius 2 is 2.47 bits per heavy atom. The predicted molar refractivity (Wildman–Crippen MR) is 68.6 cm³/mol. The van der Waals surface area contributed by atoms with Gasteiger partial charge in [-0.15, -0.1) is 11.3 Å². The number of nitrogens with zero attached hydrogens (tertiary/aromatic N) is 1. The van der Waals surface area contributed by atoms with Crippen molar-refractivity contribution in [1.29, 1.82) is 0 Å². The summed E-state index contributed by atoms with van der Waals surface area (Å²) in [5, 5.41) is 5.92. The highest BCUT2D eigenvalue weighted by molar-refractivity contribution is 7.09. The lowest BCUT2D eigenvalue weighted by Gasteiger charge is -2.25. The topological polar surface area (TPSA) is 68.0 Å². The lowest BCUT2D eigenvalue weighted by atomic mass is 9.85. The predicted octanol–water partition coefficient (Wildman–Crippen LogP) is 1.59. The maximum Gasteiger partial charge on any atom is 0.223 e. The lowest BCUT2D eigenvalue weighted by molar-refractivity contribution is -0.126. The van der Waals surface area contributed by atoms with Crippen molar-refractivity contribution in [3.05, 3.63) is 16.1 Å². The number of hydrogen-bond donors (Lipinski definition) is 2. The molecule has 1 aromatic heterocycles. The van der Waals surface area contributed by atoms with Gasteiger partial charge in [0.05, 0.1) is 6.54 Å². The van der Waals surface area contributed by atoms with Gasteiger partial charge in [0.1, 0.15) is 5.01 Å². The SMILES string of the molecule is Cc1csc(CNC(=O)C2CCCC(N)C2)n1. The summed E-state index contributed by atoms with van der Waals surface area (Å²) in [6, 6.07) is 0.196. The van der Waals surface area contributed by atoms with Crippen molar-refractivity contribution in [1.82, 2.24) is 10.3 Å². The maximum absolute atomic E-state index is 11.9. The van der Waals surface area contributed by atoms with Crippen LogP contribution in [-0.2, 0) is 11.3 Å². The molecule has 0 saturated heterocycles. The molecule has 0 aliphatic heterocycles. The van der Waals surface area contributed by atoms with Crippen molar-refractivity contribution >= 4 is 17.2 Å². The van der Waals surface area contributed by atoms with Gasteiger partial charge in [0.2, 0.25) is 5.91 Å². The summed E-state index contributed by atoms with van der Waals surface area (Å²) in [4.78, 5) is 16.3. The van der Waals surface area contributed by atoms with Crippen LogP contribution in [0.15, 0.2) is 5.38 Å². The summed E-state index contributed by atoms with van der Waals surface area (Å²) in [5.74, 6) is 0.229. The molecule has 1 amide bonds. The Bertz CT molecular complexity index is 391. The molecule has 5 heteroatoms. The van der Waals surface area contributed by atoms with Crippen LogP contribution in [0.25, 0.3) is 0 Å². The molecule has 0 aromatic carbocycles. The number of nitrogens with two attached hydrogens (primary N) is 1. The molecule has 2 unspecified atom stereocenters. The van der Waals surface area contributed by atoms with Crippen LogP contribution in [-0.4, -0.2) is 16.9 Å². The molecule has 17 heavy (non-hydrogen) atoms. The van der Waals surface area contributed by atoms with E-state index in [4.69, 9.17) is 5.73 Å². The van der Waals surface area contributed by atoms with Crippen LogP contribution < -0.4 is 11.1 Å². The average molecular weight is 253 g/mol. The summed E-state index contributed by atoms with van der Waals surface area (Å²) in [6.45, 7) is 2.51. The van der Waals surface area contributed by atoms with E-state index in [1.165, 1.54) is 0 Å². The van der Waals surface area contributed by atoms with E-state index in [1.54, 1.807) is 11.3 Å². The number of carbonyl (C=O) groups is 1. The van der Waals surface area contributed by atoms with Gasteiger partial charge >= 0.3 is 0 Å². The molecule has 1 saturated carbocycles. The van der Waals surface area contributed by atoms with Crippen LogP contribution in [0.2, 0.25) is 0 Å². The number of aromatic nitrogens is 1. The minimum Gasteiger partial charge on any atom is -0.349 e. The number of hydrogen-bond acceptors (Lipinski definition) is 4. The molecule has 1 aliphatic rings. The fourth-order valence-electron chi connectivity index (χ4n) is 2.26. The van der Waals surface area contributed by atoms with E-state index in [9.17, 15) is 4.79 Å². The summed E-state index contributed by atoms with van der Waals surface area (Å²) in [6.07, 6.45) is 3.91. The van der Waals surface area contributed by atoms with Gasteiger partial charge in [0, 0.05) is 23.0 Å². The quantitative estimate of drug-likeness (QED) is 0.859. The Balaban J connectivity index is 1.80. The van der Waals surface area contributed by atoms with Gasteiger partial charge < -0.3 is 11.1 Å². The number of carbonyl (C=O) groups excluding carboxylic acids is 1. The van der Waals surface area contributed by atoms with Crippen LogP contribution in [0.4, 0.5) is 0 Å². The van der Waals surface area contributed by atoms with E-state index in [0.717, 1.165) is 36.4 Å². The van der Waals surface area contributed by atoms with Crippen molar-refractivity contribution in [2.24, 2.45) is 11.7 Å². The standard InChI is InChI=1S/C12H19N3OS/c1-8-7-17-11(15-8)6-14-12(16)9-3-2-4-10(13)5-9/h7,9-10H,2-6,13H2,1H3,(H,14,16). The molecular formula is C12H19N3OS.